The van der Waals surface area contributed by atoms with Gasteiger partial charge in [0.25, 0.3) is 0 Å². The normalized spacial score (nSPS) is 10.4. The minimum atomic E-state index is -0.117. The first kappa shape index (κ1) is 15.5. The zero-order chi connectivity index (χ0) is 15.2. The van der Waals surface area contributed by atoms with E-state index >= 15 is 0 Å². The smallest absolute Gasteiger partial charge is 0.238 e. The zero-order valence-corrected chi connectivity index (χ0v) is 13.1. The molecule has 0 saturated heterocycles. The van der Waals surface area contributed by atoms with Crippen molar-refractivity contribution in [2.45, 2.75) is 13.3 Å². The van der Waals surface area contributed by atoms with Gasteiger partial charge in [0.05, 0.1) is 25.4 Å². The highest BCUT2D eigenvalue weighted by molar-refractivity contribution is 7.13. The molecule has 2 N–H and O–H groups in total. The number of carbonyl (C=O) groups excluding carboxylic acids is 1. The van der Waals surface area contributed by atoms with E-state index in [0.29, 0.717) is 11.5 Å². The van der Waals surface area contributed by atoms with Crippen LogP contribution in [0.4, 0.5) is 5.69 Å². The van der Waals surface area contributed by atoms with Crippen molar-refractivity contribution in [3.8, 4) is 17.1 Å². The first-order valence-electron chi connectivity index (χ1n) is 6.52. The molecule has 0 radical (unpaired) electrons. The van der Waals surface area contributed by atoms with Crippen LogP contribution in [0.3, 0.4) is 0 Å². The Kier molecular flexibility index (Phi) is 5.31. The van der Waals surface area contributed by atoms with Gasteiger partial charge in [-0.25, -0.2) is 4.98 Å². The Balaban J connectivity index is 2.41. The lowest BCUT2D eigenvalue weighted by atomic mass is 10.0. The molecule has 1 amide bonds. The Hall–Kier alpha value is -1.91. The van der Waals surface area contributed by atoms with E-state index < -0.39 is 0 Å². The van der Waals surface area contributed by atoms with Gasteiger partial charge in [-0.3, -0.25) is 9.88 Å². The molecule has 0 bridgehead atoms. The van der Waals surface area contributed by atoms with Gasteiger partial charge in [0.1, 0.15) is 5.75 Å². The van der Waals surface area contributed by atoms with Crippen molar-refractivity contribution in [3.63, 3.8) is 0 Å². The molecule has 7 heteroatoms. The number of carbonyl (C=O) groups is 1. The monoisotopic (exact) mass is 307 g/mol. The molecular weight excluding hydrogens is 289 g/mol. The number of benzene rings is 1. The van der Waals surface area contributed by atoms with Crippen LogP contribution in [0.2, 0.25) is 0 Å². The second kappa shape index (κ2) is 7.20. The van der Waals surface area contributed by atoms with Crippen LogP contribution in [-0.4, -0.2) is 24.5 Å². The molecule has 21 heavy (non-hydrogen) atoms. The van der Waals surface area contributed by atoms with Gasteiger partial charge in [0.15, 0.2) is 12.2 Å². The van der Waals surface area contributed by atoms with Crippen LogP contribution in [0.1, 0.15) is 12.5 Å². The van der Waals surface area contributed by atoms with E-state index in [1.54, 1.807) is 19.4 Å². The van der Waals surface area contributed by atoms with Crippen LogP contribution in [0.25, 0.3) is 11.3 Å². The minimum absolute atomic E-state index is 0.117. The highest BCUT2D eigenvalue weighted by Gasteiger charge is 2.15. The van der Waals surface area contributed by atoms with Gasteiger partial charge < -0.3 is 14.5 Å². The van der Waals surface area contributed by atoms with E-state index in [4.69, 9.17) is 9.15 Å². The minimum Gasteiger partial charge on any atom is -0.496 e. The van der Waals surface area contributed by atoms with Crippen molar-refractivity contribution >= 4 is 21.0 Å². The largest absolute Gasteiger partial charge is 0.496 e. The fourth-order valence-electron chi connectivity index (χ4n) is 2.03. The number of aromatic nitrogens is 1. The maximum absolute atomic E-state index is 11.7. The summed E-state index contributed by atoms with van der Waals surface area (Å²) in [7, 11) is 3.88. The third-order valence-corrected chi connectivity index (χ3v) is 3.24. The number of methoxy groups -OCH3 is 1. The van der Waals surface area contributed by atoms with E-state index in [1.807, 2.05) is 13.0 Å². The van der Waals surface area contributed by atoms with Gasteiger partial charge in [0.2, 0.25) is 5.91 Å². The Morgan fingerprint density at radius 3 is 2.86 bits per heavy atom. The van der Waals surface area contributed by atoms with Gasteiger partial charge in [-0.05, 0) is 18.1 Å². The fourth-order valence-corrected chi connectivity index (χ4v) is 2.22. The Morgan fingerprint density at radius 1 is 1.48 bits per heavy atom. The number of amides is 1. The van der Waals surface area contributed by atoms with E-state index in [2.05, 4.69) is 24.8 Å². The third-order valence-electron chi connectivity index (χ3n) is 3.04. The second-order valence-electron chi connectivity index (χ2n) is 4.36. The molecule has 112 valence electrons. The predicted octanol–water partition coefficient (Wildman–Crippen LogP) is 2.23. The number of oxazole rings is 1. The SMILES string of the molecule is CCc1cc(-c2cnco2)c(OC)cc1NC(=O)CNP. The number of rotatable bonds is 6. The molecule has 0 aliphatic carbocycles. The predicted molar refractivity (Wildman–Crippen MR) is 84.2 cm³/mol. The van der Waals surface area contributed by atoms with E-state index in [1.165, 1.54) is 6.39 Å². The summed E-state index contributed by atoms with van der Waals surface area (Å²) in [5.74, 6) is 1.14. The molecule has 0 saturated carbocycles. The van der Waals surface area contributed by atoms with Gasteiger partial charge in [-0.15, -0.1) is 0 Å². The Labute approximate surface area is 125 Å². The number of ether oxygens (including phenoxy) is 1. The standard InChI is InChI=1S/C14H18N3O3P/c1-3-9-4-10(13-6-15-8-20-13)12(19-2)5-11(9)17-14(18)7-16-21/h4-6,8,16H,3,7,21H2,1-2H3,(H,17,18). The van der Waals surface area contributed by atoms with Crippen molar-refractivity contribution < 1.29 is 13.9 Å². The number of anilines is 1. The van der Waals surface area contributed by atoms with Crippen LogP contribution in [0.5, 0.6) is 5.75 Å². The van der Waals surface area contributed by atoms with Crippen LogP contribution in [0.15, 0.2) is 29.1 Å². The fraction of sp³-hybridized carbons (Fsp3) is 0.286. The first-order chi connectivity index (χ1) is 10.2. The molecule has 6 nitrogen and oxygen atoms in total. The lowest BCUT2D eigenvalue weighted by Crippen LogP contribution is -2.22. The average Bonchev–Trinajstić information content (AvgIpc) is 3.01. The molecule has 1 heterocycles. The van der Waals surface area contributed by atoms with Crippen molar-refractivity contribution in [2.75, 3.05) is 19.0 Å². The number of hydrogen-bond acceptors (Lipinski definition) is 5. The highest BCUT2D eigenvalue weighted by Crippen LogP contribution is 2.35. The Bertz CT molecular complexity index is 614. The molecule has 0 aliphatic heterocycles. The lowest BCUT2D eigenvalue weighted by molar-refractivity contribution is -0.115. The van der Waals surface area contributed by atoms with Crippen molar-refractivity contribution in [3.05, 3.63) is 30.3 Å². The van der Waals surface area contributed by atoms with Gasteiger partial charge in [-0.2, -0.15) is 0 Å². The van der Waals surface area contributed by atoms with Crippen molar-refractivity contribution in [2.24, 2.45) is 0 Å². The van der Waals surface area contributed by atoms with Crippen LogP contribution >= 0.6 is 9.39 Å². The summed E-state index contributed by atoms with van der Waals surface area (Å²) in [6.07, 6.45) is 3.78. The summed E-state index contributed by atoms with van der Waals surface area (Å²) >= 11 is 0. The topological polar surface area (TPSA) is 76.4 Å². The molecule has 2 rings (SSSR count). The van der Waals surface area contributed by atoms with Gasteiger partial charge in [0, 0.05) is 11.8 Å². The number of hydrogen-bond donors (Lipinski definition) is 2. The summed E-state index contributed by atoms with van der Waals surface area (Å²) in [5.41, 5.74) is 2.55. The first-order valence-corrected chi connectivity index (χ1v) is 7.10. The van der Waals surface area contributed by atoms with Crippen molar-refractivity contribution in [1.29, 1.82) is 0 Å². The van der Waals surface area contributed by atoms with Gasteiger partial charge >= 0.3 is 0 Å². The average molecular weight is 307 g/mol. The maximum Gasteiger partial charge on any atom is 0.238 e. The summed E-state index contributed by atoms with van der Waals surface area (Å²) in [6.45, 7) is 2.25. The highest BCUT2D eigenvalue weighted by atomic mass is 31.0. The molecule has 0 fully saturated rings. The molecule has 1 aromatic carbocycles. The number of nitrogens with one attached hydrogen (secondary N) is 2. The maximum atomic E-state index is 11.7. The number of aryl methyl sites for hydroxylation is 1. The van der Waals surface area contributed by atoms with Crippen LogP contribution in [-0.2, 0) is 11.2 Å². The summed E-state index contributed by atoms with van der Waals surface area (Å²) < 4.78 is 10.7. The van der Waals surface area contributed by atoms with E-state index in [9.17, 15) is 4.79 Å². The second-order valence-corrected chi connectivity index (χ2v) is 4.77. The molecular formula is C14H18N3O3P. The molecule has 0 spiro atoms. The molecule has 1 atom stereocenters. The molecule has 0 aliphatic rings. The van der Waals surface area contributed by atoms with E-state index in [0.717, 1.165) is 23.2 Å². The molecule has 2 aromatic rings. The zero-order valence-electron chi connectivity index (χ0n) is 12.0. The lowest BCUT2D eigenvalue weighted by Gasteiger charge is -2.14. The molecule has 1 aromatic heterocycles. The van der Waals surface area contributed by atoms with Crippen LogP contribution in [0, 0.1) is 0 Å². The summed E-state index contributed by atoms with van der Waals surface area (Å²) in [6, 6.07) is 3.75. The summed E-state index contributed by atoms with van der Waals surface area (Å²) in [5, 5.41) is 5.61. The Morgan fingerprint density at radius 2 is 2.29 bits per heavy atom. The quantitative estimate of drug-likeness (QED) is 0.800. The van der Waals surface area contributed by atoms with E-state index in [-0.39, 0.29) is 12.5 Å². The summed E-state index contributed by atoms with van der Waals surface area (Å²) in [4.78, 5) is 15.7. The third kappa shape index (κ3) is 3.60. The molecule has 1 unspecified atom stereocenters. The van der Waals surface area contributed by atoms with Crippen molar-refractivity contribution in [1.82, 2.24) is 10.1 Å². The van der Waals surface area contributed by atoms with Crippen LogP contribution < -0.4 is 15.1 Å². The number of nitrogens with zero attached hydrogens (tertiary/aromatic N) is 1. The van der Waals surface area contributed by atoms with Gasteiger partial charge in [-0.1, -0.05) is 16.3 Å².